The van der Waals surface area contributed by atoms with Crippen LogP contribution in [0.5, 0.6) is 0 Å². The van der Waals surface area contributed by atoms with Gasteiger partial charge < -0.3 is 15.3 Å². The molecule has 6 heteroatoms. The Balaban J connectivity index is 3.04. The lowest BCUT2D eigenvalue weighted by atomic mass is 10.1. The molecule has 1 rings (SSSR count). The quantitative estimate of drug-likeness (QED) is 0.835. The molecular formula is C14H19FN2O3. The maximum Gasteiger partial charge on any atom is 0.340 e. The van der Waals surface area contributed by atoms with Gasteiger partial charge >= 0.3 is 5.97 Å². The predicted octanol–water partition coefficient (Wildman–Crippen LogP) is 1.87. The number of rotatable bonds is 6. The van der Waals surface area contributed by atoms with Crippen molar-refractivity contribution in [2.45, 2.75) is 26.8 Å². The van der Waals surface area contributed by atoms with Crippen LogP contribution in [0.3, 0.4) is 0 Å². The molecule has 0 aromatic heterocycles. The number of amides is 1. The molecule has 0 aliphatic carbocycles. The van der Waals surface area contributed by atoms with Gasteiger partial charge in [-0.1, -0.05) is 6.07 Å². The Labute approximate surface area is 117 Å². The van der Waals surface area contributed by atoms with Crippen LogP contribution in [0, 0.1) is 5.82 Å². The molecule has 0 unspecified atom stereocenters. The molecule has 110 valence electrons. The van der Waals surface area contributed by atoms with Crippen LogP contribution < -0.4 is 10.2 Å². The molecule has 0 fully saturated rings. The Kier molecular flexibility index (Phi) is 5.49. The first-order chi connectivity index (χ1) is 9.36. The molecule has 0 atom stereocenters. The summed E-state index contributed by atoms with van der Waals surface area (Å²) in [5, 5.41) is 11.8. The van der Waals surface area contributed by atoms with Crippen molar-refractivity contribution in [2.75, 3.05) is 18.0 Å². The predicted molar refractivity (Wildman–Crippen MR) is 74.5 cm³/mol. The van der Waals surface area contributed by atoms with Crippen molar-refractivity contribution < 1.29 is 19.1 Å². The van der Waals surface area contributed by atoms with Crippen molar-refractivity contribution in [1.29, 1.82) is 0 Å². The minimum Gasteiger partial charge on any atom is -0.478 e. The summed E-state index contributed by atoms with van der Waals surface area (Å²) in [6, 6.07) is 4.01. The number of anilines is 1. The lowest BCUT2D eigenvalue weighted by molar-refractivity contribution is -0.120. The Morgan fingerprint density at radius 3 is 2.55 bits per heavy atom. The van der Waals surface area contributed by atoms with Gasteiger partial charge in [0.1, 0.15) is 11.4 Å². The number of benzene rings is 1. The Bertz CT molecular complexity index is 503. The topological polar surface area (TPSA) is 69.6 Å². The van der Waals surface area contributed by atoms with E-state index in [1.54, 1.807) is 6.92 Å². The first kappa shape index (κ1) is 15.9. The number of aromatic carboxylic acids is 1. The van der Waals surface area contributed by atoms with Crippen LogP contribution in [-0.2, 0) is 4.79 Å². The molecule has 1 aromatic carbocycles. The minimum atomic E-state index is -1.35. The SMILES string of the molecule is CCN(CC(=O)NC(C)C)c1cccc(F)c1C(=O)O. The van der Waals surface area contributed by atoms with E-state index in [0.717, 1.165) is 6.07 Å². The molecular weight excluding hydrogens is 263 g/mol. The number of nitrogens with zero attached hydrogens (tertiary/aromatic N) is 1. The van der Waals surface area contributed by atoms with Gasteiger partial charge in [0.25, 0.3) is 0 Å². The van der Waals surface area contributed by atoms with Crippen LogP contribution in [-0.4, -0.2) is 36.1 Å². The van der Waals surface area contributed by atoms with E-state index >= 15 is 0 Å². The number of carboxylic acids is 1. The van der Waals surface area contributed by atoms with Crippen LogP contribution in [0.2, 0.25) is 0 Å². The molecule has 1 amide bonds. The van der Waals surface area contributed by atoms with E-state index in [1.807, 2.05) is 13.8 Å². The molecule has 20 heavy (non-hydrogen) atoms. The summed E-state index contributed by atoms with van der Waals surface area (Å²) in [4.78, 5) is 24.5. The summed E-state index contributed by atoms with van der Waals surface area (Å²) in [7, 11) is 0. The fourth-order valence-corrected chi connectivity index (χ4v) is 1.90. The standard InChI is InChI=1S/C14H19FN2O3/c1-4-17(8-12(18)16-9(2)3)11-7-5-6-10(15)13(11)14(19)20/h5-7,9H,4,8H2,1-3H3,(H,16,18)(H,19,20). The molecule has 0 heterocycles. The van der Waals surface area contributed by atoms with Crippen molar-refractivity contribution >= 4 is 17.6 Å². The molecule has 1 aromatic rings. The normalized spacial score (nSPS) is 10.4. The maximum atomic E-state index is 13.6. The van der Waals surface area contributed by atoms with Crippen molar-refractivity contribution in [1.82, 2.24) is 5.32 Å². The number of nitrogens with one attached hydrogen (secondary N) is 1. The number of hydrogen-bond donors (Lipinski definition) is 2. The van der Waals surface area contributed by atoms with Crippen molar-refractivity contribution in [3.63, 3.8) is 0 Å². The first-order valence-electron chi connectivity index (χ1n) is 6.42. The van der Waals surface area contributed by atoms with Crippen molar-refractivity contribution in [3.05, 3.63) is 29.6 Å². The Morgan fingerprint density at radius 1 is 1.40 bits per heavy atom. The van der Waals surface area contributed by atoms with Gasteiger partial charge in [0.15, 0.2) is 0 Å². The van der Waals surface area contributed by atoms with E-state index in [4.69, 9.17) is 5.11 Å². The fraction of sp³-hybridized carbons (Fsp3) is 0.429. The van der Waals surface area contributed by atoms with Gasteiger partial charge in [0.05, 0.1) is 12.2 Å². The Hall–Kier alpha value is -2.11. The highest BCUT2D eigenvalue weighted by atomic mass is 19.1. The van der Waals surface area contributed by atoms with E-state index in [2.05, 4.69) is 5.32 Å². The molecule has 0 aliphatic rings. The smallest absolute Gasteiger partial charge is 0.340 e. The second-order valence-corrected chi connectivity index (χ2v) is 4.68. The summed E-state index contributed by atoms with van der Waals surface area (Å²) < 4.78 is 13.6. The zero-order valence-electron chi connectivity index (χ0n) is 11.8. The van der Waals surface area contributed by atoms with Crippen LogP contribution in [0.4, 0.5) is 10.1 Å². The summed E-state index contributed by atoms with van der Waals surface area (Å²) in [5.41, 5.74) is -0.203. The number of carboxylic acid groups (broad SMARTS) is 1. The largest absolute Gasteiger partial charge is 0.478 e. The average molecular weight is 282 g/mol. The van der Waals surface area contributed by atoms with Gasteiger partial charge in [-0.3, -0.25) is 4.79 Å². The van der Waals surface area contributed by atoms with E-state index < -0.39 is 17.3 Å². The second kappa shape index (κ2) is 6.88. The molecule has 2 N–H and O–H groups in total. The van der Waals surface area contributed by atoms with Crippen LogP contribution in [0.1, 0.15) is 31.1 Å². The van der Waals surface area contributed by atoms with Crippen molar-refractivity contribution in [2.24, 2.45) is 0 Å². The number of likely N-dealkylation sites (N-methyl/N-ethyl adjacent to an activating group) is 1. The van der Waals surface area contributed by atoms with E-state index in [0.29, 0.717) is 6.54 Å². The van der Waals surface area contributed by atoms with Gasteiger partial charge in [-0.15, -0.1) is 0 Å². The van der Waals surface area contributed by atoms with Crippen LogP contribution >= 0.6 is 0 Å². The van der Waals surface area contributed by atoms with E-state index in [9.17, 15) is 14.0 Å². The molecule has 0 radical (unpaired) electrons. The monoisotopic (exact) mass is 282 g/mol. The zero-order chi connectivity index (χ0) is 15.3. The summed E-state index contributed by atoms with van der Waals surface area (Å²) in [6.07, 6.45) is 0. The minimum absolute atomic E-state index is 0.00680. The second-order valence-electron chi connectivity index (χ2n) is 4.68. The lowest BCUT2D eigenvalue weighted by Gasteiger charge is -2.24. The molecule has 0 aliphatic heterocycles. The van der Waals surface area contributed by atoms with E-state index in [1.165, 1.54) is 17.0 Å². The highest BCUT2D eigenvalue weighted by Gasteiger charge is 2.21. The van der Waals surface area contributed by atoms with Gasteiger partial charge in [-0.25, -0.2) is 9.18 Å². The van der Waals surface area contributed by atoms with Crippen LogP contribution in [0.15, 0.2) is 18.2 Å². The third-order valence-electron chi connectivity index (χ3n) is 2.71. The Morgan fingerprint density at radius 2 is 2.05 bits per heavy atom. The highest BCUT2D eigenvalue weighted by Crippen LogP contribution is 2.23. The zero-order valence-corrected chi connectivity index (χ0v) is 11.8. The molecule has 0 bridgehead atoms. The summed E-state index contributed by atoms with van der Waals surface area (Å²) in [5.74, 6) is -2.39. The third-order valence-corrected chi connectivity index (χ3v) is 2.71. The number of carbonyl (C=O) groups is 2. The average Bonchev–Trinajstić information content (AvgIpc) is 2.34. The molecule has 0 saturated heterocycles. The third kappa shape index (κ3) is 3.94. The van der Waals surface area contributed by atoms with Crippen molar-refractivity contribution in [3.8, 4) is 0 Å². The first-order valence-corrected chi connectivity index (χ1v) is 6.42. The van der Waals surface area contributed by atoms with Gasteiger partial charge in [0.2, 0.25) is 5.91 Å². The summed E-state index contributed by atoms with van der Waals surface area (Å²) in [6.45, 7) is 5.82. The highest BCUT2D eigenvalue weighted by molar-refractivity contribution is 5.95. The molecule has 0 saturated carbocycles. The van der Waals surface area contributed by atoms with Gasteiger partial charge in [0, 0.05) is 12.6 Å². The summed E-state index contributed by atoms with van der Waals surface area (Å²) >= 11 is 0. The number of hydrogen-bond acceptors (Lipinski definition) is 3. The van der Waals surface area contributed by atoms with Crippen LogP contribution in [0.25, 0.3) is 0 Å². The maximum absolute atomic E-state index is 13.6. The van der Waals surface area contributed by atoms with Gasteiger partial charge in [-0.05, 0) is 32.9 Å². The van der Waals surface area contributed by atoms with Gasteiger partial charge in [-0.2, -0.15) is 0 Å². The lowest BCUT2D eigenvalue weighted by Crippen LogP contribution is -2.40. The fourth-order valence-electron chi connectivity index (χ4n) is 1.90. The number of carbonyl (C=O) groups excluding carboxylic acids is 1. The molecule has 5 nitrogen and oxygen atoms in total. The molecule has 0 spiro atoms. The number of halogens is 1. The van der Waals surface area contributed by atoms with E-state index in [-0.39, 0.29) is 24.2 Å².